The average molecular weight is 580 g/mol. The van der Waals surface area contributed by atoms with Crippen molar-refractivity contribution in [3.8, 4) is 16.8 Å². The van der Waals surface area contributed by atoms with Gasteiger partial charge in [0.05, 0.1) is 34.3 Å². The fourth-order valence-corrected chi connectivity index (χ4v) is 6.87. The molecule has 3 heterocycles. The minimum Gasteiger partial charge on any atom is -0.458 e. The number of nitrogens with one attached hydrogen (secondary N) is 1. The number of nitrogens with zero attached hydrogens (tertiary/aromatic N) is 2. The van der Waals surface area contributed by atoms with E-state index in [9.17, 15) is 0 Å². The van der Waals surface area contributed by atoms with Gasteiger partial charge in [-0.05, 0) is 78.0 Å². The first-order valence-electron chi connectivity index (χ1n) is 15.3. The number of benzene rings is 6. The van der Waals surface area contributed by atoms with E-state index in [1.165, 1.54) is 27.4 Å². The van der Waals surface area contributed by atoms with E-state index in [1.807, 2.05) is 6.20 Å². The average Bonchev–Trinajstić information content (AvgIpc) is 3.66. The lowest BCUT2D eigenvalue weighted by molar-refractivity contribution is 0.532. The Kier molecular flexibility index (Phi) is 5.85. The highest BCUT2D eigenvalue weighted by atomic mass is 16.3. The van der Waals surface area contributed by atoms with Crippen molar-refractivity contribution >= 4 is 55.9 Å². The van der Waals surface area contributed by atoms with Crippen LogP contribution in [0, 0.1) is 0 Å². The van der Waals surface area contributed by atoms with Gasteiger partial charge in [0, 0.05) is 27.7 Å². The Bertz CT molecular complexity index is 2360. The molecule has 0 fully saturated rings. The molecule has 0 saturated heterocycles. The molecule has 0 unspecified atom stereocenters. The molecule has 1 N–H and O–H groups in total. The highest BCUT2D eigenvalue weighted by molar-refractivity contribution is 6.17. The topological polar surface area (TPSA) is 33.3 Å². The molecule has 0 atom stereocenters. The Labute approximate surface area is 261 Å². The van der Waals surface area contributed by atoms with Crippen LogP contribution in [0.5, 0.6) is 0 Å². The molecule has 0 bridgehead atoms. The number of fused-ring (bicyclic) bond motifs is 6. The van der Waals surface area contributed by atoms with E-state index >= 15 is 0 Å². The number of rotatable bonds is 5. The van der Waals surface area contributed by atoms with Crippen molar-refractivity contribution in [2.24, 2.45) is 0 Å². The second-order valence-electron chi connectivity index (χ2n) is 11.4. The van der Waals surface area contributed by atoms with Crippen LogP contribution in [0.15, 0.2) is 156 Å². The lowest BCUT2D eigenvalue weighted by Crippen LogP contribution is -2.12. The molecule has 0 saturated carbocycles. The van der Waals surface area contributed by atoms with Gasteiger partial charge < -0.3 is 19.2 Å². The Morgan fingerprint density at radius 3 is 2.07 bits per heavy atom. The van der Waals surface area contributed by atoms with Crippen LogP contribution in [0.2, 0.25) is 0 Å². The summed E-state index contributed by atoms with van der Waals surface area (Å²) in [6, 6.07) is 51.9. The quantitative estimate of drug-likeness (QED) is 0.220. The first kappa shape index (κ1) is 25.5. The van der Waals surface area contributed by atoms with E-state index in [4.69, 9.17) is 4.42 Å². The Morgan fingerprint density at radius 1 is 0.578 bits per heavy atom. The molecular formula is C41H29N3O. The van der Waals surface area contributed by atoms with Crippen molar-refractivity contribution in [3.05, 3.63) is 163 Å². The van der Waals surface area contributed by atoms with Crippen molar-refractivity contribution in [1.82, 2.24) is 9.88 Å². The van der Waals surface area contributed by atoms with E-state index in [-0.39, 0.29) is 0 Å². The first-order valence-corrected chi connectivity index (χ1v) is 15.3. The molecule has 0 spiro atoms. The van der Waals surface area contributed by atoms with Gasteiger partial charge in [-0.15, -0.1) is 0 Å². The molecule has 4 heteroatoms. The summed E-state index contributed by atoms with van der Waals surface area (Å²) < 4.78 is 8.78. The van der Waals surface area contributed by atoms with Crippen molar-refractivity contribution in [3.63, 3.8) is 0 Å². The zero-order valence-corrected chi connectivity index (χ0v) is 24.5. The fraction of sp³-hybridized carbons (Fsp3) is 0.0244. The van der Waals surface area contributed by atoms with Gasteiger partial charge in [0.2, 0.25) is 0 Å². The molecule has 1 aliphatic rings. The minimum atomic E-state index is 0.672. The van der Waals surface area contributed by atoms with E-state index in [2.05, 4.69) is 166 Å². The van der Waals surface area contributed by atoms with Crippen LogP contribution < -0.4 is 10.2 Å². The maximum atomic E-state index is 6.41. The summed E-state index contributed by atoms with van der Waals surface area (Å²) in [5.74, 6) is 0.957. The van der Waals surface area contributed by atoms with Gasteiger partial charge in [-0.25, -0.2) is 0 Å². The molecule has 6 aromatic carbocycles. The fourth-order valence-electron chi connectivity index (χ4n) is 6.87. The molecule has 2 aromatic heterocycles. The molecule has 9 rings (SSSR count). The zero-order chi connectivity index (χ0) is 29.7. The second-order valence-corrected chi connectivity index (χ2v) is 11.4. The largest absolute Gasteiger partial charge is 0.458 e. The summed E-state index contributed by atoms with van der Waals surface area (Å²) in [7, 11) is 0. The molecule has 214 valence electrons. The number of hydrogen-bond donors (Lipinski definition) is 1. The highest BCUT2D eigenvalue weighted by Gasteiger charge is 2.25. The van der Waals surface area contributed by atoms with E-state index in [0.29, 0.717) is 6.54 Å². The molecule has 8 aromatic rings. The van der Waals surface area contributed by atoms with Crippen LogP contribution in [-0.2, 0) is 6.54 Å². The summed E-state index contributed by atoms with van der Waals surface area (Å²) >= 11 is 0. The van der Waals surface area contributed by atoms with Crippen LogP contribution in [0.3, 0.4) is 0 Å². The van der Waals surface area contributed by atoms with E-state index in [0.717, 1.165) is 50.6 Å². The molecule has 1 aliphatic heterocycles. The third kappa shape index (κ3) is 4.07. The molecule has 0 radical (unpaired) electrons. The van der Waals surface area contributed by atoms with Crippen LogP contribution in [0.1, 0.15) is 11.3 Å². The maximum Gasteiger partial charge on any atom is 0.137 e. The highest BCUT2D eigenvalue weighted by Crippen LogP contribution is 2.47. The van der Waals surface area contributed by atoms with Crippen LogP contribution >= 0.6 is 0 Å². The number of hydrogen-bond acceptors (Lipinski definition) is 3. The summed E-state index contributed by atoms with van der Waals surface area (Å²) in [4.78, 5) is 2.41. The van der Waals surface area contributed by atoms with Crippen molar-refractivity contribution in [2.45, 2.75) is 6.54 Å². The SMILES string of the molecule is C1=Cc2c(oc3cccc(N(c4ccc(-c5ccccc5)cc4)c4cccc5c4c4ccccc4n5-c4ccccc4)c23)CN1. The third-order valence-corrected chi connectivity index (χ3v) is 8.84. The molecule has 0 aliphatic carbocycles. The molecule has 0 amide bonds. The Morgan fingerprint density at radius 2 is 1.24 bits per heavy atom. The maximum absolute atomic E-state index is 6.41. The van der Waals surface area contributed by atoms with Gasteiger partial charge in [0.1, 0.15) is 11.3 Å². The van der Waals surface area contributed by atoms with Gasteiger partial charge >= 0.3 is 0 Å². The van der Waals surface area contributed by atoms with E-state index in [1.54, 1.807) is 0 Å². The Hall–Kier alpha value is -6.00. The Balaban J connectivity index is 1.35. The summed E-state index contributed by atoms with van der Waals surface area (Å²) in [5, 5.41) is 6.84. The predicted molar refractivity (Wildman–Crippen MR) is 187 cm³/mol. The van der Waals surface area contributed by atoms with Crippen molar-refractivity contribution in [1.29, 1.82) is 0 Å². The van der Waals surface area contributed by atoms with Gasteiger partial charge in [-0.3, -0.25) is 0 Å². The normalized spacial score (nSPS) is 12.4. The number of furan rings is 1. The molecule has 4 nitrogen and oxygen atoms in total. The van der Waals surface area contributed by atoms with Crippen molar-refractivity contribution in [2.75, 3.05) is 4.90 Å². The zero-order valence-electron chi connectivity index (χ0n) is 24.5. The smallest absolute Gasteiger partial charge is 0.137 e. The summed E-state index contributed by atoms with van der Waals surface area (Å²) in [6.45, 7) is 0.672. The summed E-state index contributed by atoms with van der Waals surface area (Å²) in [6.07, 6.45) is 4.15. The van der Waals surface area contributed by atoms with Crippen LogP contribution in [-0.4, -0.2) is 4.57 Å². The number of para-hydroxylation sites is 2. The number of aromatic nitrogens is 1. The van der Waals surface area contributed by atoms with Gasteiger partial charge in [-0.2, -0.15) is 0 Å². The lowest BCUT2D eigenvalue weighted by Gasteiger charge is -2.27. The molecule has 45 heavy (non-hydrogen) atoms. The van der Waals surface area contributed by atoms with Crippen LogP contribution in [0.25, 0.3) is 55.7 Å². The first-order chi connectivity index (χ1) is 22.3. The molecular weight excluding hydrogens is 550 g/mol. The standard InChI is InChI=1S/C41H29N3O/c1-3-11-28(12-4-1)29-21-23-31(24-22-29)44(37-19-10-20-38-41(37)33-25-26-42-27-39(33)45-38)36-18-9-17-35-40(36)32-15-7-8-16-34(32)43(35)30-13-5-2-6-14-30/h1-26,42H,27H2. The van der Waals surface area contributed by atoms with Crippen LogP contribution in [0.4, 0.5) is 17.1 Å². The van der Waals surface area contributed by atoms with Gasteiger partial charge in [-0.1, -0.05) is 91.0 Å². The minimum absolute atomic E-state index is 0.672. The second kappa shape index (κ2) is 10.3. The lowest BCUT2D eigenvalue weighted by atomic mass is 10.0. The van der Waals surface area contributed by atoms with Gasteiger partial charge in [0.25, 0.3) is 0 Å². The number of anilines is 3. The van der Waals surface area contributed by atoms with Gasteiger partial charge in [0.15, 0.2) is 0 Å². The third-order valence-electron chi connectivity index (χ3n) is 8.84. The monoisotopic (exact) mass is 579 g/mol. The van der Waals surface area contributed by atoms with Crippen molar-refractivity contribution < 1.29 is 4.42 Å². The van der Waals surface area contributed by atoms with E-state index < -0.39 is 0 Å². The predicted octanol–water partition coefficient (Wildman–Crippen LogP) is 10.7. The summed E-state index contributed by atoms with van der Waals surface area (Å²) in [5.41, 5.74) is 11.2.